The third kappa shape index (κ3) is 2.39. The number of carbonyl (C=O) groups is 1. The topological polar surface area (TPSA) is 38.1 Å². The van der Waals surface area contributed by atoms with Gasteiger partial charge in [-0.25, -0.2) is 0 Å². The van der Waals surface area contributed by atoms with Crippen molar-refractivity contribution in [2.75, 3.05) is 19.0 Å². The summed E-state index contributed by atoms with van der Waals surface area (Å²) in [5.74, 6) is 1.17. The number of carbonyl (C=O) groups excluding carboxylic acids is 1. The summed E-state index contributed by atoms with van der Waals surface area (Å²) in [6, 6.07) is 0. The lowest BCUT2D eigenvalue weighted by molar-refractivity contribution is 0.0683. The van der Waals surface area contributed by atoms with Crippen LogP contribution in [0.3, 0.4) is 0 Å². The molecule has 0 bridgehead atoms. The Kier molecular flexibility index (Phi) is 3.95. The lowest BCUT2D eigenvalue weighted by atomic mass is 9.99. The second kappa shape index (κ2) is 5.31. The van der Waals surface area contributed by atoms with Gasteiger partial charge in [-0.3, -0.25) is 9.48 Å². The molecule has 1 saturated heterocycles. The van der Waals surface area contributed by atoms with Crippen LogP contribution in [-0.2, 0) is 7.05 Å². The molecule has 1 aliphatic rings. The predicted octanol–water partition coefficient (Wildman–Crippen LogP) is 2.13. The van der Waals surface area contributed by atoms with Gasteiger partial charge in [0.15, 0.2) is 0 Å². The van der Waals surface area contributed by atoms with Crippen molar-refractivity contribution in [1.29, 1.82) is 0 Å². The maximum atomic E-state index is 12.5. The second-order valence-corrected chi connectivity index (χ2v) is 5.39. The third-order valence-electron chi connectivity index (χ3n) is 3.75. The molecule has 1 aromatic heterocycles. The van der Waals surface area contributed by atoms with E-state index in [4.69, 9.17) is 11.6 Å². The molecule has 2 heterocycles. The number of hydrogen-bond acceptors (Lipinski definition) is 2. The van der Waals surface area contributed by atoms with Crippen LogP contribution < -0.4 is 0 Å². The Bertz CT molecular complexity index is 455. The number of nitrogens with zero attached hydrogens (tertiary/aromatic N) is 3. The highest BCUT2D eigenvalue weighted by atomic mass is 35.5. The van der Waals surface area contributed by atoms with Gasteiger partial charge in [0, 0.05) is 31.7 Å². The minimum Gasteiger partial charge on any atom is -0.338 e. The number of hydrogen-bond donors (Lipinski definition) is 0. The minimum atomic E-state index is 0.105. The zero-order valence-corrected chi connectivity index (χ0v) is 12.0. The Morgan fingerprint density at radius 2 is 2.22 bits per heavy atom. The van der Waals surface area contributed by atoms with Crippen LogP contribution in [0.15, 0.2) is 0 Å². The number of rotatable bonds is 2. The molecular weight excluding hydrogens is 250 g/mol. The standard InChI is InChI=1S/C13H20ClN3O/c1-9-12(10(2)16(3)15-9)13(18)17-6-4-5-11(7-14)8-17/h11H,4-8H2,1-3H3. The highest BCUT2D eigenvalue weighted by Crippen LogP contribution is 2.22. The molecule has 1 amide bonds. The van der Waals surface area contributed by atoms with Gasteiger partial charge in [0.2, 0.25) is 0 Å². The first-order valence-electron chi connectivity index (χ1n) is 6.40. The molecule has 0 radical (unpaired) electrons. The van der Waals surface area contributed by atoms with Crippen LogP contribution >= 0.6 is 11.6 Å². The van der Waals surface area contributed by atoms with Crippen LogP contribution in [0.1, 0.15) is 34.6 Å². The summed E-state index contributed by atoms with van der Waals surface area (Å²) in [7, 11) is 1.87. The molecule has 1 fully saturated rings. The van der Waals surface area contributed by atoms with Crippen LogP contribution in [0.5, 0.6) is 0 Å². The molecule has 5 heteroatoms. The minimum absolute atomic E-state index is 0.105. The van der Waals surface area contributed by atoms with Crippen molar-refractivity contribution in [3.63, 3.8) is 0 Å². The van der Waals surface area contributed by atoms with E-state index in [1.54, 1.807) is 4.68 Å². The van der Waals surface area contributed by atoms with E-state index in [-0.39, 0.29) is 5.91 Å². The number of amides is 1. The summed E-state index contributed by atoms with van der Waals surface area (Å²) in [6.07, 6.45) is 2.17. The molecule has 0 aliphatic carbocycles. The molecule has 2 rings (SSSR count). The summed E-state index contributed by atoms with van der Waals surface area (Å²) < 4.78 is 1.77. The molecule has 1 atom stereocenters. The van der Waals surface area contributed by atoms with E-state index in [0.29, 0.717) is 11.8 Å². The summed E-state index contributed by atoms with van der Waals surface area (Å²) in [6.45, 7) is 5.44. The maximum Gasteiger partial charge on any atom is 0.257 e. The fourth-order valence-electron chi connectivity index (χ4n) is 2.62. The average molecular weight is 270 g/mol. The highest BCUT2D eigenvalue weighted by molar-refractivity contribution is 6.18. The van der Waals surface area contributed by atoms with Gasteiger partial charge >= 0.3 is 0 Å². The normalized spacial score (nSPS) is 20.2. The first-order valence-corrected chi connectivity index (χ1v) is 6.93. The molecule has 1 aliphatic heterocycles. The van der Waals surface area contributed by atoms with Crippen molar-refractivity contribution in [3.8, 4) is 0 Å². The smallest absolute Gasteiger partial charge is 0.257 e. The van der Waals surface area contributed by atoms with Crippen molar-refractivity contribution < 1.29 is 4.79 Å². The quantitative estimate of drug-likeness (QED) is 0.772. The second-order valence-electron chi connectivity index (χ2n) is 5.08. The molecule has 0 saturated carbocycles. The van der Waals surface area contributed by atoms with Crippen LogP contribution in [-0.4, -0.2) is 39.6 Å². The summed E-state index contributed by atoms with van der Waals surface area (Å²) in [4.78, 5) is 14.5. The number of likely N-dealkylation sites (tertiary alicyclic amines) is 1. The molecule has 4 nitrogen and oxygen atoms in total. The number of aromatic nitrogens is 2. The molecule has 0 N–H and O–H groups in total. The van der Waals surface area contributed by atoms with Gasteiger partial charge < -0.3 is 4.90 Å². The van der Waals surface area contributed by atoms with Gasteiger partial charge in [0.05, 0.1) is 11.3 Å². The van der Waals surface area contributed by atoms with Crippen LogP contribution in [0, 0.1) is 19.8 Å². The zero-order valence-electron chi connectivity index (χ0n) is 11.2. The van der Waals surface area contributed by atoms with Gasteiger partial charge in [-0.1, -0.05) is 0 Å². The molecule has 1 aromatic rings. The Morgan fingerprint density at radius 1 is 1.50 bits per heavy atom. The SMILES string of the molecule is Cc1nn(C)c(C)c1C(=O)N1CCCC(CCl)C1. The maximum absolute atomic E-state index is 12.5. The van der Waals surface area contributed by atoms with Gasteiger partial charge in [0.25, 0.3) is 5.91 Å². The van der Waals surface area contributed by atoms with E-state index in [2.05, 4.69) is 5.10 Å². The Labute approximate surface area is 113 Å². The molecule has 0 aromatic carbocycles. The van der Waals surface area contributed by atoms with Crippen LogP contribution in [0.25, 0.3) is 0 Å². The first kappa shape index (κ1) is 13.4. The van der Waals surface area contributed by atoms with Gasteiger partial charge in [-0.2, -0.15) is 5.10 Å². The largest absolute Gasteiger partial charge is 0.338 e. The highest BCUT2D eigenvalue weighted by Gasteiger charge is 2.27. The Balaban J connectivity index is 2.20. The Morgan fingerprint density at radius 3 is 2.78 bits per heavy atom. The lowest BCUT2D eigenvalue weighted by Gasteiger charge is -2.31. The van der Waals surface area contributed by atoms with Crippen molar-refractivity contribution in [3.05, 3.63) is 17.0 Å². The third-order valence-corrected chi connectivity index (χ3v) is 4.18. The van der Waals surface area contributed by atoms with E-state index in [1.165, 1.54) is 0 Å². The van der Waals surface area contributed by atoms with Crippen molar-refractivity contribution in [2.45, 2.75) is 26.7 Å². The van der Waals surface area contributed by atoms with Gasteiger partial charge in [0.1, 0.15) is 0 Å². The monoisotopic (exact) mass is 269 g/mol. The van der Waals surface area contributed by atoms with Crippen molar-refractivity contribution in [1.82, 2.24) is 14.7 Å². The van der Waals surface area contributed by atoms with E-state index >= 15 is 0 Å². The number of alkyl halides is 1. The average Bonchev–Trinajstić information content (AvgIpc) is 2.62. The van der Waals surface area contributed by atoms with E-state index < -0.39 is 0 Å². The fraction of sp³-hybridized carbons (Fsp3) is 0.692. The molecule has 1 unspecified atom stereocenters. The first-order chi connectivity index (χ1) is 8.54. The summed E-state index contributed by atoms with van der Waals surface area (Å²) >= 11 is 5.91. The van der Waals surface area contributed by atoms with Crippen molar-refractivity contribution >= 4 is 17.5 Å². The molecule has 0 spiro atoms. The van der Waals surface area contributed by atoms with Crippen LogP contribution in [0.2, 0.25) is 0 Å². The summed E-state index contributed by atoms with van der Waals surface area (Å²) in [5.41, 5.74) is 2.51. The fourth-order valence-corrected chi connectivity index (χ4v) is 2.87. The predicted molar refractivity (Wildman–Crippen MR) is 72.0 cm³/mol. The molecular formula is C13H20ClN3O. The lowest BCUT2D eigenvalue weighted by Crippen LogP contribution is -2.40. The van der Waals surface area contributed by atoms with E-state index in [9.17, 15) is 4.79 Å². The van der Waals surface area contributed by atoms with E-state index in [1.807, 2.05) is 25.8 Å². The summed E-state index contributed by atoms with van der Waals surface area (Å²) in [5, 5.41) is 4.31. The van der Waals surface area contributed by atoms with Crippen LogP contribution in [0.4, 0.5) is 0 Å². The molecule has 100 valence electrons. The van der Waals surface area contributed by atoms with E-state index in [0.717, 1.165) is 42.9 Å². The number of piperidine rings is 1. The van der Waals surface area contributed by atoms with Gasteiger partial charge in [-0.15, -0.1) is 11.6 Å². The number of halogens is 1. The van der Waals surface area contributed by atoms with Gasteiger partial charge in [-0.05, 0) is 32.6 Å². The molecule has 18 heavy (non-hydrogen) atoms. The zero-order chi connectivity index (χ0) is 13.3. The number of aryl methyl sites for hydroxylation is 2. The van der Waals surface area contributed by atoms with Crippen molar-refractivity contribution in [2.24, 2.45) is 13.0 Å². The Hall–Kier alpha value is -1.03.